The third-order valence-corrected chi connectivity index (χ3v) is 4.77. The van der Waals surface area contributed by atoms with Crippen molar-refractivity contribution in [2.75, 3.05) is 4.90 Å². The van der Waals surface area contributed by atoms with Crippen LogP contribution >= 0.6 is 11.3 Å². The van der Waals surface area contributed by atoms with Gasteiger partial charge in [-0.1, -0.05) is 11.2 Å². The lowest BCUT2D eigenvalue weighted by Gasteiger charge is -2.15. The predicted octanol–water partition coefficient (Wildman–Crippen LogP) is 1.58. The summed E-state index contributed by atoms with van der Waals surface area (Å²) in [5.41, 5.74) is 0.255. The highest BCUT2D eigenvalue weighted by atomic mass is 32.1. The molecule has 0 saturated carbocycles. The van der Waals surface area contributed by atoms with Crippen LogP contribution < -0.4 is 4.90 Å². The number of phenolic OH excluding ortho intramolecular Hbond substituents is 1. The lowest BCUT2D eigenvalue weighted by atomic mass is 9.96. The molecule has 4 rings (SSSR count). The molecule has 1 fully saturated rings. The minimum Gasteiger partial charge on any atom is -0.508 e. The van der Waals surface area contributed by atoms with E-state index in [0.717, 1.165) is 4.90 Å². The van der Waals surface area contributed by atoms with Crippen LogP contribution in [-0.2, 0) is 14.4 Å². The number of fused-ring (bicyclic) bond motifs is 1. The van der Waals surface area contributed by atoms with Gasteiger partial charge in [0.25, 0.3) is 5.91 Å². The molecule has 0 radical (unpaired) electrons. The second-order valence-electron chi connectivity index (χ2n) is 5.31. The maximum absolute atomic E-state index is 12.7. The highest BCUT2D eigenvalue weighted by Gasteiger charge is 2.57. The van der Waals surface area contributed by atoms with Crippen molar-refractivity contribution in [2.24, 2.45) is 11.1 Å². The number of hydrogen-bond acceptors (Lipinski definition) is 7. The first-order chi connectivity index (χ1) is 11.6. The number of oxime groups is 1. The van der Waals surface area contributed by atoms with Gasteiger partial charge >= 0.3 is 0 Å². The zero-order chi connectivity index (χ0) is 16.8. The molecule has 2 aliphatic heterocycles. The number of anilines is 1. The molecule has 24 heavy (non-hydrogen) atoms. The van der Waals surface area contributed by atoms with Crippen molar-refractivity contribution in [3.05, 3.63) is 46.7 Å². The first kappa shape index (κ1) is 14.6. The fraction of sp³-hybridized carbons (Fsp3) is 0.125. The molecule has 1 aromatic carbocycles. The van der Waals surface area contributed by atoms with E-state index in [0.29, 0.717) is 10.6 Å². The van der Waals surface area contributed by atoms with Crippen molar-refractivity contribution in [1.82, 2.24) is 0 Å². The van der Waals surface area contributed by atoms with Crippen LogP contribution in [0.2, 0.25) is 0 Å². The van der Waals surface area contributed by atoms with Gasteiger partial charge in [0.15, 0.2) is 0 Å². The number of benzene rings is 1. The van der Waals surface area contributed by atoms with E-state index < -0.39 is 29.6 Å². The zero-order valence-corrected chi connectivity index (χ0v) is 12.9. The molecule has 1 N–H and O–H groups in total. The fourth-order valence-corrected chi connectivity index (χ4v) is 3.43. The maximum atomic E-state index is 12.7. The van der Waals surface area contributed by atoms with E-state index in [-0.39, 0.29) is 11.5 Å². The summed E-state index contributed by atoms with van der Waals surface area (Å²) in [6, 6.07) is 8.99. The number of ketones is 1. The number of phenols is 1. The van der Waals surface area contributed by atoms with Gasteiger partial charge in [0.05, 0.1) is 10.6 Å². The van der Waals surface area contributed by atoms with Crippen molar-refractivity contribution in [3.8, 4) is 5.75 Å². The van der Waals surface area contributed by atoms with Gasteiger partial charge in [0.2, 0.25) is 17.8 Å². The number of aromatic hydroxyl groups is 1. The SMILES string of the molecule is O=C(C1=NOC2C(=O)N(c3ccc(O)cc3)C(=O)C12)c1cccs1. The van der Waals surface area contributed by atoms with Crippen LogP contribution in [0.4, 0.5) is 5.69 Å². The summed E-state index contributed by atoms with van der Waals surface area (Å²) in [5, 5.41) is 14.8. The number of Topliss-reactive ketones (excluding diaryl/α,β-unsaturated/α-hetero) is 1. The quantitative estimate of drug-likeness (QED) is 0.675. The Morgan fingerprint density at radius 3 is 2.58 bits per heavy atom. The van der Waals surface area contributed by atoms with Crippen LogP contribution in [0, 0.1) is 5.92 Å². The molecule has 2 amide bonds. The molecule has 2 aliphatic rings. The Morgan fingerprint density at radius 2 is 1.92 bits per heavy atom. The highest BCUT2D eigenvalue weighted by Crippen LogP contribution is 2.34. The van der Waals surface area contributed by atoms with E-state index in [1.54, 1.807) is 17.5 Å². The number of nitrogens with zero attached hydrogens (tertiary/aromatic N) is 2. The summed E-state index contributed by atoms with van der Waals surface area (Å²) in [7, 11) is 0. The molecule has 0 spiro atoms. The second kappa shape index (κ2) is 5.27. The van der Waals surface area contributed by atoms with E-state index >= 15 is 0 Å². The lowest BCUT2D eigenvalue weighted by Crippen LogP contribution is -2.34. The van der Waals surface area contributed by atoms with Crippen LogP contribution in [-0.4, -0.2) is 34.5 Å². The fourth-order valence-electron chi connectivity index (χ4n) is 2.76. The molecule has 120 valence electrons. The molecular formula is C16H10N2O5S. The summed E-state index contributed by atoms with van der Waals surface area (Å²) in [4.78, 5) is 44.1. The van der Waals surface area contributed by atoms with Gasteiger partial charge in [0.1, 0.15) is 17.4 Å². The third kappa shape index (κ3) is 2.04. The van der Waals surface area contributed by atoms with Gasteiger partial charge in [-0.25, -0.2) is 4.90 Å². The van der Waals surface area contributed by atoms with Gasteiger partial charge in [-0.15, -0.1) is 11.3 Å². The van der Waals surface area contributed by atoms with E-state index in [2.05, 4.69) is 5.16 Å². The number of imide groups is 1. The van der Waals surface area contributed by atoms with E-state index in [1.807, 2.05) is 0 Å². The van der Waals surface area contributed by atoms with Crippen LogP contribution in [0.15, 0.2) is 46.9 Å². The average molecular weight is 342 g/mol. The second-order valence-corrected chi connectivity index (χ2v) is 6.26. The van der Waals surface area contributed by atoms with Gasteiger partial charge in [-0.3, -0.25) is 14.4 Å². The van der Waals surface area contributed by atoms with E-state index in [9.17, 15) is 19.5 Å². The molecule has 0 aliphatic carbocycles. The number of carbonyl (C=O) groups is 3. The molecule has 2 aromatic rings. The Labute approximate surface area is 139 Å². The van der Waals surface area contributed by atoms with Gasteiger partial charge < -0.3 is 9.94 Å². The third-order valence-electron chi connectivity index (χ3n) is 3.90. The summed E-state index contributed by atoms with van der Waals surface area (Å²) in [6.07, 6.45) is -1.12. The Hall–Kier alpha value is -3.00. The molecule has 0 bridgehead atoms. The molecule has 7 nitrogen and oxygen atoms in total. The van der Waals surface area contributed by atoms with Crippen molar-refractivity contribution in [3.63, 3.8) is 0 Å². The first-order valence-electron chi connectivity index (χ1n) is 7.06. The molecular weight excluding hydrogens is 332 g/mol. The average Bonchev–Trinajstić information content (AvgIpc) is 3.29. The van der Waals surface area contributed by atoms with Crippen molar-refractivity contribution in [1.29, 1.82) is 0 Å². The summed E-state index contributed by atoms with van der Waals surface area (Å²) >= 11 is 1.23. The smallest absolute Gasteiger partial charge is 0.278 e. The Bertz CT molecular complexity index is 872. The molecule has 3 heterocycles. The number of carbonyl (C=O) groups excluding carboxylic acids is 3. The van der Waals surface area contributed by atoms with Gasteiger partial charge in [-0.2, -0.15) is 0 Å². The highest BCUT2D eigenvalue weighted by molar-refractivity contribution is 7.13. The topological polar surface area (TPSA) is 96.3 Å². The Balaban J connectivity index is 1.67. The molecule has 1 saturated heterocycles. The van der Waals surface area contributed by atoms with Crippen LogP contribution in [0.3, 0.4) is 0 Å². The summed E-state index contributed by atoms with van der Waals surface area (Å²) < 4.78 is 0. The number of rotatable bonds is 3. The molecule has 8 heteroatoms. The minimum atomic E-state index is -1.12. The van der Waals surface area contributed by atoms with Crippen molar-refractivity contribution in [2.45, 2.75) is 6.10 Å². The van der Waals surface area contributed by atoms with E-state index in [1.165, 1.54) is 35.6 Å². The van der Waals surface area contributed by atoms with Crippen molar-refractivity contribution < 1.29 is 24.3 Å². The maximum Gasteiger partial charge on any atom is 0.278 e. The van der Waals surface area contributed by atoms with Crippen molar-refractivity contribution >= 4 is 40.3 Å². The van der Waals surface area contributed by atoms with Gasteiger partial charge in [0, 0.05) is 0 Å². The first-order valence-corrected chi connectivity index (χ1v) is 7.94. The standard InChI is InChI=1S/C16H10N2O5S/c19-9-5-3-8(4-6-9)18-15(21)11-12(17-23-14(11)16(18)22)13(20)10-2-1-7-24-10/h1-7,11,14,19H. The number of thiophene rings is 1. The normalized spacial score (nSPS) is 22.3. The largest absolute Gasteiger partial charge is 0.508 e. The molecule has 1 aromatic heterocycles. The predicted molar refractivity (Wildman–Crippen MR) is 85.0 cm³/mol. The summed E-state index contributed by atoms with van der Waals surface area (Å²) in [5.74, 6) is -2.57. The minimum absolute atomic E-state index is 0.0180. The molecule has 2 atom stereocenters. The Morgan fingerprint density at radius 1 is 1.17 bits per heavy atom. The lowest BCUT2D eigenvalue weighted by molar-refractivity contribution is -0.126. The van der Waals surface area contributed by atoms with Gasteiger partial charge in [-0.05, 0) is 35.7 Å². The van der Waals surface area contributed by atoms with Crippen LogP contribution in [0.1, 0.15) is 9.67 Å². The monoisotopic (exact) mass is 342 g/mol. The molecule has 2 unspecified atom stereocenters. The Kier molecular flexibility index (Phi) is 3.20. The van der Waals surface area contributed by atoms with E-state index in [4.69, 9.17) is 4.84 Å². The number of amides is 2. The number of hydrogen-bond donors (Lipinski definition) is 1. The van der Waals surface area contributed by atoms with Crippen LogP contribution in [0.25, 0.3) is 0 Å². The summed E-state index contributed by atoms with van der Waals surface area (Å²) in [6.45, 7) is 0. The van der Waals surface area contributed by atoms with Crippen LogP contribution in [0.5, 0.6) is 5.75 Å². The zero-order valence-electron chi connectivity index (χ0n) is 12.1.